The largest absolute Gasteiger partial charge is 0.493 e. The van der Waals surface area contributed by atoms with E-state index in [4.69, 9.17) is 4.74 Å². The molecule has 0 aliphatic heterocycles. The molecule has 0 radical (unpaired) electrons. The van der Waals surface area contributed by atoms with Gasteiger partial charge in [0.2, 0.25) is 0 Å². The lowest BCUT2D eigenvalue weighted by Gasteiger charge is -2.37. The minimum atomic E-state index is -0.697. The lowest BCUT2D eigenvalue weighted by Crippen LogP contribution is -2.36. The van der Waals surface area contributed by atoms with Crippen LogP contribution in [0.4, 0.5) is 0 Å². The Morgan fingerprint density at radius 1 is 1.60 bits per heavy atom. The summed E-state index contributed by atoms with van der Waals surface area (Å²) in [6.07, 6.45) is 5.42. The van der Waals surface area contributed by atoms with Crippen molar-refractivity contribution in [3.63, 3.8) is 0 Å². The molecule has 4 nitrogen and oxygen atoms in total. The van der Waals surface area contributed by atoms with Gasteiger partial charge >= 0.3 is 0 Å². The first kappa shape index (κ1) is 10.5. The molecule has 4 heteroatoms. The van der Waals surface area contributed by atoms with Gasteiger partial charge in [-0.2, -0.15) is 5.10 Å². The fourth-order valence-electron chi connectivity index (χ4n) is 2.12. The Morgan fingerprint density at radius 3 is 2.80 bits per heavy atom. The van der Waals surface area contributed by atoms with Crippen LogP contribution < -0.4 is 4.74 Å². The van der Waals surface area contributed by atoms with E-state index in [9.17, 15) is 5.11 Å². The summed E-state index contributed by atoms with van der Waals surface area (Å²) in [5, 5.41) is 14.6. The van der Waals surface area contributed by atoms with Gasteiger partial charge in [-0.05, 0) is 25.7 Å². The number of rotatable bonds is 4. The van der Waals surface area contributed by atoms with Gasteiger partial charge in [0.05, 0.1) is 13.3 Å². The summed E-state index contributed by atoms with van der Waals surface area (Å²) < 4.78 is 7.12. The molecular weight excluding hydrogens is 192 g/mol. The second kappa shape index (κ2) is 3.85. The zero-order valence-electron chi connectivity index (χ0n) is 9.36. The standard InChI is InChI=1S/C11H18N2O2/c1-3-7-13-10(9(15-2)8-12-13)11(14)5-4-6-11/h8,14H,3-7H2,1-2H3. The summed E-state index contributed by atoms with van der Waals surface area (Å²) in [6.45, 7) is 2.93. The lowest BCUT2D eigenvalue weighted by molar-refractivity contribution is -0.0480. The molecule has 1 aliphatic carbocycles. The highest BCUT2D eigenvalue weighted by Crippen LogP contribution is 2.44. The number of aliphatic hydroxyl groups is 1. The zero-order chi connectivity index (χ0) is 10.9. The second-order valence-electron chi connectivity index (χ2n) is 4.17. The molecule has 1 fully saturated rings. The topological polar surface area (TPSA) is 47.3 Å². The summed E-state index contributed by atoms with van der Waals surface area (Å²) in [7, 11) is 1.62. The molecule has 0 amide bonds. The maximum atomic E-state index is 10.3. The van der Waals surface area contributed by atoms with E-state index in [1.54, 1.807) is 13.3 Å². The zero-order valence-corrected chi connectivity index (χ0v) is 9.36. The monoisotopic (exact) mass is 210 g/mol. The molecule has 1 heterocycles. The molecule has 15 heavy (non-hydrogen) atoms. The van der Waals surface area contributed by atoms with E-state index >= 15 is 0 Å². The van der Waals surface area contributed by atoms with Gasteiger partial charge in [0, 0.05) is 6.54 Å². The summed E-state index contributed by atoms with van der Waals surface area (Å²) >= 11 is 0. The van der Waals surface area contributed by atoms with E-state index < -0.39 is 5.60 Å². The van der Waals surface area contributed by atoms with Gasteiger partial charge in [0.1, 0.15) is 11.3 Å². The molecule has 0 bridgehead atoms. The summed E-state index contributed by atoms with van der Waals surface area (Å²) in [6, 6.07) is 0. The van der Waals surface area contributed by atoms with Crippen molar-refractivity contribution < 1.29 is 9.84 Å². The molecule has 0 saturated heterocycles. The number of hydrogen-bond acceptors (Lipinski definition) is 3. The van der Waals surface area contributed by atoms with E-state index in [1.807, 2.05) is 4.68 Å². The van der Waals surface area contributed by atoms with Crippen molar-refractivity contribution >= 4 is 0 Å². The smallest absolute Gasteiger partial charge is 0.162 e. The van der Waals surface area contributed by atoms with Gasteiger partial charge in [-0.15, -0.1) is 0 Å². The molecule has 1 N–H and O–H groups in total. The van der Waals surface area contributed by atoms with Crippen LogP contribution >= 0.6 is 0 Å². The van der Waals surface area contributed by atoms with Crippen molar-refractivity contribution in [1.29, 1.82) is 0 Å². The number of aryl methyl sites for hydroxylation is 1. The highest BCUT2D eigenvalue weighted by atomic mass is 16.5. The number of nitrogens with zero attached hydrogens (tertiary/aromatic N) is 2. The van der Waals surface area contributed by atoms with Crippen molar-refractivity contribution in [1.82, 2.24) is 9.78 Å². The summed E-state index contributed by atoms with van der Waals surface area (Å²) in [4.78, 5) is 0. The van der Waals surface area contributed by atoms with E-state index in [-0.39, 0.29) is 0 Å². The van der Waals surface area contributed by atoms with Crippen LogP contribution in [0.15, 0.2) is 6.20 Å². The quantitative estimate of drug-likeness (QED) is 0.822. The Labute approximate surface area is 89.9 Å². The minimum Gasteiger partial charge on any atom is -0.493 e. The fraction of sp³-hybridized carbons (Fsp3) is 0.727. The Hall–Kier alpha value is -1.03. The molecule has 1 aromatic rings. The molecule has 0 spiro atoms. The third-order valence-electron chi connectivity index (χ3n) is 3.08. The summed E-state index contributed by atoms with van der Waals surface area (Å²) in [5.41, 5.74) is 0.162. The van der Waals surface area contributed by atoms with Gasteiger partial charge in [-0.3, -0.25) is 4.68 Å². The highest BCUT2D eigenvalue weighted by molar-refractivity contribution is 5.32. The Kier molecular flexibility index (Phi) is 2.69. The van der Waals surface area contributed by atoms with Crippen LogP contribution in [0.5, 0.6) is 5.75 Å². The minimum absolute atomic E-state index is 0.697. The van der Waals surface area contributed by atoms with E-state index in [0.29, 0.717) is 5.75 Å². The van der Waals surface area contributed by atoms with Gasteiger partial charge in [0.25, 0.3) is 0 Å². The number of ether oxygens (including phenoxy) is 1. The SMILES string of the molecule is CCCn1ncc(OC)c1C1(O)CCC1. The van der Waals surface area contributed by atoms with Gasteiger partial charge in [-0.25, -0.2) is 0 Å². The molecule has 0 aromatic carbocycles. The second-order valence-corrected chi connectivity index (χ2v) is 4.17. The van der Waals surface area contributed by atoms with Crippen molar-refractivity contribution in [3.8, 4) is 5.75 Å². The van der Waals surface area contributed by atoms with Crippen molar-refractivity contribution in [3.05, 3.63) is 11.9 Å². The lowest BCUT2D eigenvalue weighted by atomic mass is 9.77. The maximum Gasteiger partial charge on any atom is 0.162 e. The predicted molar refractivity (Wildman–Crippen MR) is 56.8 cm³/mol. The molecule has 2 rings (SSSR count). The average Bonchev–Trinajstić information content (AvgIpc) is 2.58. The Morgan fingerprint density at radius 2 is 2.33 bits per heavy atom. The van der Waals surface area contributed by atoms with Crippen LogP contribution in [-0.4, -0.2) is 22.0 Å². The third-order valence-corrected chi connectivity index (χ3v) is 3.08. The number of hydrogen-bond donors (Lipinski definition) is 1. The molecule has 84 valence electrons. The number of aromatic nitrogens is 2. The van der Waals surface area contributed by atoms with Crippen LogP contribution in [0.3, 0.4) is 0 Å². The molecule has 0 atom stereocenters. The fourth-order valence-corrected chi connectivity index (χ4v) is 2.12. The van der Waals surface area contributed by atoms with E-state index in [0.717, 1.165) is 37.9 Å². The average molecular weight is 210 g/mol. The molecule has 1 aromatic heterocycles. The van der Waals surface area contributed by atoms with Crippen molar-refractivity contribution in [2.75, 3.05) is 7.11 Å². The van der Waals surface area contributed by atoms with Gasteiger partial charge in [-0.1, -0.05) is 6.92 Å². The van der Waals surface area contributed by atoms with Crippen molar-refractivity contribution in [2.45, 2.75) is 44.8 Å². The molecule has 1 aliphatic rings. The first-order chi connectivity index (χ1) is 7.21. The molecule has 1 saturated carbocycles. The predicted octanol–water partition coefficient (Wildman–Crippen LogP) is 1.67. The van der Waals surface area contributed by atoms with Gasteiger partial charge in [0.15, 0.2) is 5.75 Å². The summed E-state index contributed by atoms with van der Waals surface area (Å²) in [5.74, 6) is 0.714. The van der Waals surface area contributed by atoms with Gasteiger partial charge < -0.3 is 9.84 Å². The van der Waals surface area contributed by atoms with Crippen LogP contribution in [0.25, 0.3) is 0 Å². The first-order valence-corrected chi connectivity index (χ1v) is 5.54. The Balaban J connectivity index is 2.36. The highest BCUT2D eigenvalue weighted by Gasteiger charge is 2.41. The Bertz CT molecular complexity index is 342. The van der Waals surface area contributed by atoms with Crippen LogP contribution in [0, 0.1) is 0 Å². The van der Waals surface area contributed by atoms with E-state index in [1.165, 1.54) is 0 Å². The van der Waals surface area contributed by atoms with Crippen LogP contribution in [0.2, 0.25) is 0 Å². The number of methoxy groups -OCH3 is 1. The molecule has 0 unspecified atom stereocenters. The van der Waals surface area contributed by atoms with Crippen LogP contribution in [-0.2, 0) is 12.1 Å². The van der Waals surface area contributed by atoms with E-state index in [2.05, 4.69) is 12.0 Å². The molecular formula is C11H18N2O2. The normalized spacial score (nSPS) is 18.6. The first-order valence-electron chi connectivity index (χ1n) is 5.54. The van der Waals surface area contributed by atoms with Crippen molar-refractivity contribution in [2.24, 2.45) is 0 Å². The maximum absolute atomic E-state index is 10.3. The third kappa shape index (κ3) is 1.63. The van der Waals surface area contributed by atoms with Crippen LogP contribution in [0.1, 0.15) is 38.3 Å².